The highest BCUT2D eigenvalue weighted by molar-refractivity contribution is 7.15. The van der Waals surface area contributed by atoms with Crippen LogP contribution >= 0.6 is 11.3 Å². The molecule has 3 heteroatoms. The van der Waals surface area contributed by atoms with Crippen LogP contribution in [0.4, 0.5) is 0 Å². The first-order valence-electron chi connectivity index (χ1n) is 5.41. The third-order valence-corrected chi connectivity index (χ3v) is 3.68. The lowest BCUT2D eigenvalue weighted by atomic mass is 10.1. The van der Waals surface area contributed by atoms with Gasteiger partial charge in [-0.2, -0.15) is 0 Å². The molecule has 0 atom stereocenters. The third-order valence-electron chi connectivity index (χ3n) is 2.79. The number of benzene rings is 1. The Morgan fingerprint density at radius 1 is 1.06 bits per heavy atom. The predicted molar refractivity (Wildman–Crippen MR) is 70.4 cm³/mol. The van der Waals surface area contributed by atoms with Crippen molar-refractivity contribution in [1.82, 2.24) is 0 Å². The zero-order chi connectivity index (χ0) is 12.4. The lowest BCUT2D eigenvalue weighted by Gasteiger charge is -2.11. The van der Waals surface area contributed by atoms with Gasteiger partial charge in [-0.25, -0.2) is 0 Å². The van der Waals surface area contributed by atoms with Gasteiger partial charge in [0.1, 0.15) is 5.75 Å². The maximum atomic E-state index is 10.6. The summed E-state index contributed by atoms with van der Waals surface area (Å²) < 4.78 is 5.86. The van der Waals surface area contributed by atoms with E-state index in [1.807, 2.05) is 26.0 Å². The van der Waals surface area contributed by atoms with E-state index in [9.17, 15) is 4.79 Å². The van der Waals surface area contributed by atoms with E-state index >= 15 is 0 Å². The topological polar surface area (TPSA) is 26.3 Å². The summed E-state index contributed by atoms with van der Waals surface area (Å²) in [6.07, 6.45) is 0.841. The Bertz CT molecular complexity index is 555. The molecular formula is C14H14O2S. The van der Waals surface area contributed by atoms with Gasteiger partial charge in [0, 0.05) is 0 Å². The fourth-order valence-corrected chi connectivity index (χ4v) is 2.31. The summed E-state index contributed by atoms with van der Waals surface area (Å²) in [4.78, 5) is 11.3. The Kier molecular flexibility index (Phi) is 3.29. The molecule has 17 heavy (non-hydrogen) atoms. The van der Waals surface area contributed by atoms with Gasteiger partial charge in [0.2, 0.25) is 0 Å². The van der Waals surface area contributed by atoms with Crippen LogP contribution in [-0.2, 0) is 0 Å². The van der Waals surface area contributed by atoms with Crippen LogP contribution in [0.25, 0.3) is 0 Å². The molecular weight excluding hydrogens is 232 g/mol. The van der Waals surface area contributed by atoms with Crippen molar-refractivity contribution in [2.24, 2.45) is 0 Å². The average Bonchev–Trinajstić information content (AvgIpc) is 2.77. The summed E-state index contributed by atoms with van der Waals surface area (Å²) in [5.74, 6) is 0.893. The molecule has 2 aromatic rings. The first-order chi connectivity index (χ1) is 8.11. The molecule has 0 N–H and O–H groups in total. The van der Waals surface area contributed by atoms with Gasteiger partial charge in [0.25, 0.3) is 0 Å². The number of ether oxygens (including phenoxy) is 1. The molecule has 0 bridgehead atoms. The lowest BCUT2D eigenvalue weighted by molar-refractivity contribution is 0.112. The van der Waals surface area contributed by atoms with Crippen molar-refractivity contribution in [3.05, 3.63) is 45.8 Å². The third kappa shape index (κ3) is 2.39. The molecule has 1 heterocycles. The number of carbonyl (C=O) groups excluding carboxylic acids is 1. The standard InChI is InChI=1S/C14H14O2S/c1-9-4-5-10(2)14(11(9)3)16-13-7-6-12(8-15)17-13/h4-8H,1-3H3. The number of carbonyl (C=O) groups is 1. The zero-order valence-corrected chi connectivity index (χ0v) is 10.9. The molecule has 0 aliphatic rings. The van der Waals surface area contributed by atoms with E-state index in [-0.39, 0.29) is 0 Å². The molecule has 88 valence electrons. The molecule has 0 amide bonds. The second-order valence-corrected chi connectivity index (χ2v) is 5.11. The van der Waals surface area contributed by atoms with E-state index in [0.29, 0.717) is 4.88 Å². The fraction of sp³-hybridized carbons (Fsp3) is 0.214. The van der Waals surface area contributed by atoms with E-state index in [1.54, 1.807) is 6.07 Å². The van der Waals surface area contributed by atoms with E-state index in [4.69, 9.17) is 4.74 Å². The van der Waals surface area contributed by atoms with Gasteiger partial charge in [-0.3, -0.25) is 4.79 Å². The Labute approximate surface area is 105 Å². The maximum Gasteiger partial charge on any atom is 0.181 e. The number of rotatable bonds is 3. The van der Waals surface area contributed by atoms with E-state index in [1.165, 1.54) is 16.9 Å². The minimum absolute atomic E-state index is 0.683. The van der Waals surface area contributed by atoms with Crippen molar-refractivity contribution in [3.63, 3.8) is 0 Å². The Morgan fingerprint density at radius 3 is 2.41 bits per heavy atom. The molecule has 0 spiro atoms. The Morgan fingerprint density at radius 2 is 1.76 bits per heavy atom. The van der Waals surface area contributed by atoms with Crippen LogP contribution in [0.2, 0.25) is 0 Å². The average molecular weight is 246 g/mol. The van der Waals surface area contributed by atoms with Crippen LogP contribution in [0, 0.1) is 20.8 Å². The van der Waals surface area contributed by atoms with Gasteiger partial charge in [0.05, 0.1) is 4.88 Å². The highest BCUT2D eigenvalue weighted by atomic mass is 32.1. The molecule has 0 radical (unpaired) electrons. The van der Waals surface area contributed by atoms with Gasteiger partial charge in [-0.05, 0) is 49.6 Å². The van der Waals surface area contributed by atoms with Gasteiger partial charge in [-0.1, -0.05) is 23.5 Å². The van der Waals surface area contributed by atoms with E-state index in [0.717, 1.165) is 28.2 Å². The first-order valence-corrected chi connectivity index (χ1v) is 6.23. The molecule has 0 aliphatic carbocycles. The second kappa shape index (κ2) is 4.72. The van der Waals surface area contributed by atoms with Crippen LogP contribution in [-0.4, -0.2) is 6.29 Å². The van der Waals surface area contributed by atoms with Crippen LogP contribution < -0.4 is 4.74 Å². The number of hydrogen-bond donors (Lipinski definition) is 0. The van der Waals surface area contributed by atoms with Gasteiger partial charge < -0.3 is 4.74 Å². The van der Waals surface area contributed by atoms with E-state index < -0.39 is 0 Å². The first kappa shape index (κ1) is 11.9. The van der Waals surface area contributed by atoms with Crippen molar-refractivity contribution in [2.45, 2.75) is 20.8 Å². The molecule has 0 unspecified atom stereocenters. The second-order valence-electron chi connectivity index (χ2n) is 4.03. The molecule has 0 aliphatic heterocycles. The molecule has 0 fully saturated rings. The number of aryl methyl sites for hydroxylation is 2. The highest BCUT2D eigenvalue weighted by Crippen LogP contribution is 2.34. The minimum Gasteiger partial charge on any atom is -0.446 e. The minimum atomic E-state index is 0.683. The monoisotopic (exact) mass is 246 g/mol. The zero-order valence-electron chi connectivity index (χ0n) is 10.1. The SMILES string of the molecule is Cc1ccc(C)c(Oc2ccc(C=O)s2)c1C. The van der Waals surface area contributed by atoms with Crippen molar-refractivity contribution < 1.29 is 9.53 Å². The molecule has 2 rings (SSSR count). The molecule has 1 aromatic carbocycles. The molecule has 0 saturated heterocycles. The van der Waals surface area contributed by atoms with Crippen molar-refractivity contribution in [3.8, 4) is 10.8 Å². The summed E-state index contributed by atoms with van der Waals surface area (Å²) in [6, 6.07) is 7.73. The van der Waals surface area contributed by atoms with Crippen LogP contribution in [0.1, 0.15) is 26.4 Å². The summed E-state index contributed by atoms with van der Waals surface area (Å²) >= 11 is 1.36. The van der Waals surface area contributed by atoms with Crippen molar-refractivity contribution in [2.75, 3.05) is 0 Å². The highest BCUT2D eigenvalue weighted by Gasteiger charge is 2.09. The number of hydrogen-bond acceptors (Lipinski definition) is 3. The summed E-state index contributed by atoms with van der Waals surface area (Å²) in [5.41, 5.74) is 3.46. The molecule has 0 saturated carbocycles. The Balaban J connectivity index is 2.35. The Hall–Kier alpha value is -1.61. The summed E-state index contributed by atoms with van der Waals surface area (Å²) in [7, 11) is 0. The van der Waals surface area contributed by atoms with Crippen LogP contribution in [0.3, 0.4) is 0 Å². The fourth-order valence-electron chi connectivity index (χ4n) is 1.64. The molecule has 2 nitrogen and oxygen atoms in total. The summed E-state index contributed by atoms with van der Waals surface area (Å²) in [6.45, 7) is 6.13. The number of aldehydes is 1. The lowest BCUT2D eigenvalue weighted by Crippen LogP contribution is -1.91. The van der Waals surface area contributed by atoms with E-state index in [2.05, 4.69) is 13.0 Å². The largest absolute Gasteiger partial charge is 0.446 e. The summed E-state index contributed by atoms with van der Waals surface area (Å²) in [5, 5.41) is 0.754. The predicted octanol–water partition coefficient (Wildman–Crippen LogP) is 4.28. The van der Waals surface area contributed by atoms with Crippen LogP contribution in [0.5, 0.6) is 10.8 Å². The van der Waals surface area contributed by atoms with Crippen molar-refractivity contribution >= 4 is 17.6 Å². The smallest absolute Gasteiger partial charge is 0.181 e. The maximum absolute atomic E-state index is 10.6. The van der Waals surface area contributed by atoms with Crippen molar-refractivity contribution in [1.29, 1.82) is 0 Å². The normalized spacial score (nSPS) is 10.3. The van der Waals surface area contributed by atoms with Gasteiger partial charge in [-0.15, -0.1) is 0 Å². The quantitative estimate of drug-likeness (QED) is 0.756. The van der Waals surface area contributed by atoms with Gasteiger partial charge in [0.15, 0.2) is 11.3 Å². The molecule has 1 aromatic heterocycles. The number of thiophene rings is 1. The van der Waals surface area contributed by atoms with Crippen LogP contribution in [0.15, 0.2) is 24.3 Å². The van der Waals surface area contributed by atoms with Gasteiger partial charge >= 0.3 is 0 Å².